The minimum atomic E-state index is -4.29. The molecule has 0 radical (unpaired) electrons. The van der Waals surface area contributed by atoms with Crippen molar-refractivity contribution in [2.24, 2.45) is 0 Å². The van der Waals surface area contributed by atoms with E-state index in [1.54, 1.807) is 56.3 Å². The molecule has 194 valence electrons. The number of benzene rings is 1. The molecule has 0 amide bonds. The highest BCUT2D eigenvalue weighted by atomic mass is 32.2. The first kappa shape index (κ1) is 25.7. The Morgan fingerprint density at radius 1 is 1.03 bits per heavy atom. The van der Waals surface area contributed by atoms with Crippen LogP contribution in [0.3, 0.4) is 0 Å². The lowest BCUT2D eigenvalue weighted by atomic mass is 9.67. The molecule has 37 heavy (non-hydrogen) atoms. The van der Waals surface area contributed by atoms with E-state index in [4.69, 9.17) is 9.31 Å². The van der Waals surface area contributed by atoms with Crippen LogP contribution in [0.2, 0.25) is 0 Å². The Balaban J connectivity index is 1.72. The molecule has 7 nitrogen and oxygen atoms in total. The summed E-state index contributed by atoms with van der Waals surface area (Å²) in [6, 6.07) is 9.36. The Morgan fingerprint density at radius 2 is 1.68 bits per heavy atom. The molecule has 2 aromatic heterocycles. The third-order valence-electron chi connectivity index (χ3n) is 8.25. The molecule has 1 N–H and O–H groups in total. The first-order valence-corrected chi connectivity index (χ1v) is 13.6. The summed E-state index contributed by atoms with van der Waals surface area (Å²) in [6.45, 7) is 11.0. The number of aromatic nitrogens is 2. The summed E-state index contributed by atoms with van der Waals surface area (Å²) in [5, 5.41) is 0.490. The zero-order valence-corrected chi connectivity index (χ0v) is 22.5. The Bertz CT molecular complexity index is 1620. The number of pyridine rings is 1. The van der Waals surface area contributed by atoms with Crippen molar-refractivity contribution in [1.29, 1.82) is 0 Å². The number of halogens is 1. The molecule has 1 aromatic carbocycles. The number of nitrogens with one attached hydrogen (secondary N) is 1. The summed E-state index contributed by atoms with van der Waals surface area (Å²) in [5.74, 6) is -1.46. The molecule has 0 spiro atoms. The number of allylic oxidation sites excluding steroid dienone is 3. The molecule has 10 heteroatoms. The maximum Gasteiger partial charge on any atom is 0.494 e. The number of hydrogen-bond acceptors (Lipinski definition) is 5. The molecule has 0 saturated carbocycles. The highest BCUT2D eigenvalue weighted by Gasteiger charge is 2.56. The van der Waals surface area contributed by atoms with Crippen molar-refractivity contribution in [3.05, 3.63) is 93.7 Å². The van der Waals surface area contributed by atoms with Crippen LogP contribution in [0.25, 0.3) is 10.9 Å². The largest absolute Gasteiger partial charge is 0.494 e. The lowest BCUT2D eigenvalue weighted by Gasteiger charge is -2.40. The van der Waals surface area contributed by atoms with Gasteiger partial charge in [-0.3, -0.25) is 4.79 Å². The topological polar surface area (TPSA) is 90.4 Å². The van der Waals surface area contributed by atoms with Crippen LogP contribution in [0.4, 0.5) is 4.39 Å². The highest BCUT2D eigenvalue weighted by molar-refractivity contribution is 7.91. The van der Waals surface area contributed by atoms with Gasteiger partial charge in [0.15, 0.2) is 0 Å². The summed E-state index contributed by atoms with van der Waals surface area (Å²) in [4.78, 5) is 15.2. The summed E-state index contributed by atoms with van der Waals surface area (Å²) in [7, 11) is -5.04. The van der Waals surface area contributed by atoms with Crippen LogP contribution in [0, 0.1) is 5.82 Å². The van der Waals surface area contributed by atoms with Crippen LogP contribution in [0.5, 0.6) is 0 Å². The zero-order chi connectivity index (χ0) is 27.0. The second-order valence-electron chi connectivity index (χ2n) is 10.9. The molecule has 1 aliphatic heterocycles. The molecule has 3 heterocycles. The van der Waals surface area contributed by atoms with Gasteiger partial charge in [-0.1, -0.05) is 35.9 Å². The van der Waals surface area contributed by atoms with Crippen LogP contribution in [0.1, 0.15) is 53.0 Å². The average Bonchev–Trinajstić information content (AvgIpc) is 3.35. The van der Waals surface area contributed by atoms with E-state index >= 15 is 4.39 Å². The summed E-state index contributed by atoms with van der Waals surface area (Å²) in [5.41, 5.74) is -0.403. The summed E-state index contributed by atoms with van der Waals surface area (Å²) >= 11 is 0. The number of rotatable bonds is 4. The van der Waals surface area contributed by atoms with Crippen molar-refractivity contribution < 1.29 is 22.1 Å². The third kappa shape index (κ3) is 3.68. The molecule has 2 unspecified atom stereocenters. The maximum atomic E-state index is 15.3. The lowest BCUT2D eigenvalue weighted by molar-refractivity contribution is 0.00578. The standard InChI is InChI=1S/C27H30BFN2O5S/c1-17-15-19(28-35-25(2,3)26(4,5)36-28)16-21(20-9-7-8-10-22(20)29)27(17,6)37(33,34)31-14-12-18-11-13-30-24(32)23(18)31/h7-16,21H,1-6H3,(H,30,32). The molecule has 2 aliphatic rings. The number of aromatic amines is 1. The van der Waals surface area contributed by atoms with Crippen LogP contribution >= 0.6 is 0 Å². The SMILES string of the molecule is CC1=CC(B2OC(C)(C)C(C)(C)O2)=CC(c2ccccc2F)C1(C)S(=O)(=O)n1ccc2cc[nH]c(=O)c21. The minimum Gasteiger partial charge on any atom is -0.399 e. The zero-order valence-electron chi connectivity index (χ0n) is 21.7. The molecular formula is C27H30BFN2O5S. The van der Waals surface area contributed by atoms with E-state index in [-0.39, 0.29) is 11.1 Å². The molecule has 1 fully saturated rings. The van der Waals surface area contributed by atoms with Gasteiger partial charge in [0.25, 0.3) is 5.56 Å². The van der Waals surface area contributed by atoms with Crippen molar-refractivity contribution >= 4 is 28.0 Å². The average molecular weight is 524 g/mol. The smallest absolute Gasteiger partial charge is 0.399 e. The van der Waals surface area contributed by atoms with Gasteiger partial charge in [0.05, 0.1) is 11.2 Å². The monoisotopic (exact) mass is 524 g/mol. The van der Waals surface area contributed by atoms with Gasteiger partial charge < -0.3 is 14.3 Å². The Kier molecular flexibility index (Phi) is 5.75. The van der Waals surface area contributed by atoms with Gasteiger partial charge in [-0.2, -0.15) is 0 Å². The fourth-order valence-corrected chi connectivity index (χ4v) is 7.16. The Hall–Kier alpha value is -2.95. The Morgan fingerprint density at radius 3 is 2.32 bits per heavy atom. The summed E-state index contributed by atoms with van der Waals surface area (Å²) in [6.07, 6.45) is 6.31. The highest BCUT2D eigenvalue weighted by Crippen LogP contribution is 2.49. The van der Waals surface area contributed by atoms with Crippen molar-refractivity contribution in [3.63, 3.8) is 0 Å². The van der Waals surface area contributed by atoms with Gasteiger partial charge in [0.2, 0.25) is 10.0 Å². The van der Waals surface area contributed by atoms with Gasteiger partial charge in [-0.05, 0) is 70.8 Å². The van der Waals surface area contributed by atoms with Crippen LogP contribution < -0.4 is 5.56 Å². The molecular weight excluding hydrogens is 494 g/mol. The molecule has 1 aliphatic carbocycles. The quantitative estimate of drug-likeness (QED) is 0.500. The van der Waals surface area contributed by atoms with E-state index in [1.807, 2.05) is 27.7 Å². The number of hydrogen-bond donors (Lipinski definition) is 1. The number of fused-ring (bicyclic) bond motifs is 1. The molecule has 1 saturated heterocycles. The minimum absolute atomic E-state index is 0.0181. The van der Waals surface area contributed by atoms with Crippen molar-refractivity contribution in [2.75, 3.05) is 0 Å². The molecule has 3 aromatic rings. The van der Waals surface area contributed by atoms with Gasteiger partial charge in [0, 0.05) is 23.7 Å². The van der Waals surface area contributed by atoms with Crippen LogP contribution in [-0.4, -0.2) is 40.4 Å². The Labute approximate surface area is 216 Å². The first-order chi connectivity index (χ1) is 17.2. The van der Waals surface area contributed by atoms with Gasteiger partial charge in [0.1, 0.15) is 16.1 Å². The van der Waals surface area contributed by atoms with E-state index in [0.717, 1.165) is 3.97 Å². The second-order valence-corrected chi connectivity index (χ2v) is 13.1. The molecule has 0 bridgehead atoms. The van der Waals surface area contributed by atoms with Crippen molar-refractivity contribution in [2.45, 2.75) is 63.4 Å². The first-order valence-electron chi connectivity index (χ1n) is 12.2. The van der Waals surface area contributed by atoms with Crippen molar-refractivity contribution in [1.82, 2.24) is 8.96 Å². The van der Waals surface area contributed by atoms with Gasteiger partial charge in [-0.15, -0.1) is 0 Å². The maximum absolute atomic E-state index is 15.3. The third-order valence-corrected chi connectivity index (χ3v) is 10.7. The van der Waals surface area contributed by atoms with Gasteiger partial charge >= 0.3 is 7.12 Å². The van der Waals surface area contributed by atoms with E-state index in [9.17, 15) is 13.2 Å². The molecule has 2 atom stereocenters. The van der Waals surface area contributed by atoms with E-state index in [1.165, 1.54) is 18.5 Å². The number of H-pyrrole nitrogens is 1. The fourth-order valence-electron chi connectivity index (χ4n) is 5.12. The normalized spacial score (nSPS) is 25.3. The van der Waals surface area contributed by atoms with Crippen LogP contribution in [0.15, 0.2) is 76.8 Å². The van der Waals surface area contributed by atoms with Crippen LogP contribution in [-0.2, 0) is 19.3 Å². The van der Waals surface area contributed by atoms with E-state index in [2.05, 4.69) is 4.98 Å². The van der Waals surface area contributed by atoms with Gasteiger partial charge in [-0.25, -0.2) is 16.8 Å². The lowest BCUT2D eigenvalue weighted by Crippen LogP contribution is -2.47. The van der Waals surface area contributed by atoms with E-state index in [0.29, 0.717) is 16.4 Å². The molecule has 5 rings (SSSR count). The summed E-state index contributed by atoms with van der Waals surface area (Å²) < 4.78 is 56.0. The van der Waals surface area contributed by atoms with E-state index < -0.39 is 50.4 Å². The second kappa shape index (κ2) is 8.28. The number of nitrogens with zero attached hydrogens (tertiary/aromatic N) is 1. The predicted molar refractivity (Wildman–Crippen MR) is 142 cm³/mol. The predicted octanol–water partition coefficient (Wildman–Crippen LogP) is 4.71. The fraction of sp³-hybridized carbons (Fsp3) is 0.370. The van der Waals surface area contributed by atoms with Crippen molar-refractivity contribution in [3.8, 4) is 0 Å².